The number of aromatic nitrogens is 2. The summed E-state index contributed by atoms with van der Waals surface area (Å²) in [5, 5.41) is 7.80. The third-order valence-electron chi connectivity index (χ3n) is 12.4. The fourth-order valence-electron chi connectivity index (χ4n) is 9.14. The molecule has 64 heavy (non-hydrogen) atoms. The lowest BCUT2D eigenvalue weighted by Crippen LogP contribution is -2.37. The minimum Gasteiger partial charge on any atom is -0.308 e. The third-order valence-corrected chi connectivity index (χ3v) is 18.9. The van der Waals surface area contributed by atoms with Crippen LogP contribution in [0.1, 0.15) is 0 Å². The standard InChI is InChI=1S/C56H50N4S2Si2/c1-63(2,3)45-31-27-43(28-32-45)59-49-35-48-50(36-47(49)55-51(59)37-53(61-55)57(39-19-11-7-12-20-39)40-21-13-8-14-22-40)60(44-29-33-46(34-30-44)64(4,5)6)52-38-54(62-56(48)52)58(41-23-15-9-16-24-41)42-25-17-10-18-26-42/h7-38H,1-6H3. The molecule has 4 heterocycles. The molecular weight excluding hydrogens is 849 g/mol. The van der Waals surface area contributed by atoms with Gasteiger partial charge < -0.3 is 18.9 Å². The number of hydrogen-bond acceptors (Lipinski definition) is 4. The van der Waals surface area contributed by atoms with Crippen LogP contribution in [0.5, 0.6) is 0 Å². The zero-order valence-corrected chi connectivity index (χ0v) is 40.7. The maximum atomic E-state index is 2.52. The molecule has 0 atom stereocenters. The predicted octanol–water partition coefficient (Wildman–Crippen LogP) is 16.0. The van der Waals surface area contributed by atoms with E-state index in [1.54, 1.807) is 0 Å². The monoisotopic (exact) mass is 898 g/mol. The Labute approximate surface area is 385 Å². The molecule has 0 aliphatic heterocycles. The van der Waals surface area contributed by atoms with Crippen molar-refractivity contribution in [3.63, 3.8) is 0 Å². The summed E-state index contributed by atoms with van der Waals surface area (Å²) in [6.45, 7) is 14.6. The molecule has 0 aliphatic rings. The Kier molecular flexibility index (Phi) is 9.88. The van der Waals surface area contributed by atoms with Gasteiger partial charge in [0.1, 0.15) is 10.0 Å². The van der Waals surface area contributed by atoms with Gasteiger partial charge in [0, 0.05) is 44.9 Å². The molecule has 0 saturated carbocycles. The number of nitrogens with zero attached hydrogens (tertiary/aromatic N) is 4. The van der Waals surface area contributed by atoms with Crippen LogP contribution in [-0.4, -0.2) is 25.3 Å². The topological polar surface area (TPSA) is 16.3 Å². The summed E-state index contributed by atoms with van der Waals surface area (Å²) >= 11 is 3.75. The van der Waals surface area contributed by atoms with Crippen molar-refractivity contribution >= 4 is 124 Å². The summed E-state index contributed by atoms with van der Waals surface area (Å²) in [5.74, 6) is 0. The number of thiophene rings is 2. The molecule has 8 heteroatoms. The summed E-state index contributed by atoms with van der Waals surface area (Å²) < 4.78 is 7.60. The minimum absolute atomic E-state index is 1.14. The fourth-order valence-corrected chi connectivity index (χ4v) is 13.9. The first-order chi connectivity index (χ1) is 31.0. The third kappa shape index (κ3) is 7.02. The van der Waals surface area contributed by atoms with E-state index in [1.807, 2.05) is 22.7 Å². The zero-order valence-electron chi connectivity index (χ0n) is 37.1. The van der Waals surface area contributed by atoms with Gasteiger partial charge in [-0.25, -0.2) is 0 Å². The molecule has 0 bridgehead atoms. The number of fused-ring (bicyclic) bond motifs is 6. The first-order valence-corrected chi connectivity index (χ1v) is 30.7. The second-order valence-corrected chi connectivity index (χ2v) is 31.0. The van der Waals surface area contributed by atoms with E-state index in [4.69, 9.17) is 0 Å². The Morgan fingerprint density at radius 3 is 0.922 bits per heavy atom. The van der Waals surface area contributed by atoms with Crippen molar-refractivity contribution in [2.45, 2.75) is 39.3 Å². The van der Waals surface area contributed by atoms with Crippen molar-refractivity contribution in [3.8, 4) is 11.4 Å². The molecule has 11 rings (SSSR count). The normalized spacial score (nSPS) is 12.2. The fraction of sp³-hybridized carbons (Fsp3) is 0.107. The van der Waals surface area contributed by atoms with Crippen LogP contribution in [0.4, 0.5) is 32.8 Å². The molecular formula is C56H50N4S2Si2. The first-order valence-electron chi connectivity index (χ1n) is 22.1. The summed E-state index contributed by atoms with van der Waals surface area (Å²) in [4.78, 5) is 4.80. The van der Waals surface area contributed by atoms with Gasteiger partial charge in [0.2, 0.25) is 0 Å². The molecule has 0 radical (unpaired) electrons. The largest absolute Gasteiger partial charge is 0.308 e. The molecule has 0 saturated heterocycles. The van der Waals surface area contributed by atoms with Crippen LogP contribution in [0.25, 0.3) is 53.6 Å². The van der Waals surface area contributed by atoms with Crippen LogP contribution in [0, 0.1) is 0 Å². The van der Waals surface area contributed by atoms with Crippen LogP contribution in [-0.2, 0) is 0 Å². The Balaban J connectivity index is 1.21. The second-order valence-electron chi connectivity index (χ2n) is 18.8. The van der Waals surface area contributed by atoms with Gasteiger partial charge in [-0.2, -0.15) is 0 Å². The smallest absolute Gasteiger partial charge is 0.103 e. The van der Waals surface area contributed by atoms with Gasteiger partial charge >= 0.3 is 0 Å². The van der Waals surface area contributed by atoms with E-state index in [-0.39, 0.29) is 0 Å². The Bertz CT molecular complexity index is 3120. The van der Waals surface area contributed by atoms with E-state index in [1.165, 1.54) is 74.0 Å². The lowest BCUT2D eigenvalue weighted by Gasteiger charge is -2.23. The lowest BCUT2D eigenvalue weighted by molar-refractivity contribution is 1.18. The van der Waals surface area contributed by atoms with Crippen molar-refractivity contribution in [1.29, 1.82) is 0 Å². The van der Waals surface area contributed by atoms with Gasteiger partial charge in [0.05, 0.1) is 47.6 Å². The minimum atomic E-state index is -1.52. The molecule has 0 unspecified atom stereocenters. The van der Waals surface area contributed by atoms with E-state index in [0.717, 1.165) is 22.7 Å². The van der Waals surface area contributed by atoms with Crippen LogP contribution in [0.15, 0.2) is 194 Å². The highest BCUT2D eigenvalue weighted by molar-refractivity contribution is 7.24. The van der Waals surface area contributed by atoms with Crippen molar-refractivity contribution in [1.82, 2.24) is 9.13 Å². The molecule has 0 aliphatic carbocycles. The lowest BCUT2D eigenvalue weighted by atomic mass is 10.2. The number of benzene rings is 7. The van der Waals surface area contributed by atoms with Crippen molar-refractivity contribution < 1.29 is 0 Å². The number of hydrogen-bond donors (Lipinski definition) is 0. The van der Waals surface area contributed by atoms with Crippen LogP contribution in [0.3, 0.4) is 0 Å². The van der Waals surface area contributed by atoms with E-state index in [0.29, 0.717) is 0 Å². The first kappa shape index (κ1) is 40.4. The molecule has 0 amide bonds. The molecule has 4 aromatic heterocycles. The van der Waals surface area contributed by atoms with Crippen LogP contribution in [0.2, 0.25) is 39.3 Å². The maximum Gasteiger partial charge on any atom is 0.103 e. The summed E-state index contributed by atoms with van der Waals surface area (Å²) in [6, 6.07) is 71.8. The van der Waals surface area contributed by atoms with Gasteiger partial charge in [-0.1, -0.05) is 147 Å². The summed E-state index contributed by atoms with van der Waals surface area (Å²) in [7, 11) is -3.04. The molecule has 11 aromatic rings. The highest BCUT2D eigenvalue weighted by Gasteiger charge is 2.26. The Morgan fingerprint density at radius 1 is 0.344 bits per heavy atom. The molecule has 0 spiro atoms. The van der Waals surface area contributed by atoms with Gasteiger partial charge in [0.15, 0.2) is 0 Å². The molecule has 0 N–H and O–H groups in total. The number of para-hydroxylation sites is 4. The molecule has 0 fully saturated rings. The van der Waals surface area contributed by atoms with Gasteiger partial charge in [-0.3, -0.25) is 0 Å². The maximum absolute atomic E-state index is 2.52. The van der Waals surface area contributed by atoms with Crippen LogP contribution >= 0.6 is 22.7 Å². The van der Waals surface area contributed by atoms with E-state index >= 15 is 0 Å². The van der Waals surface area contributed by atoms with Crippen molar-refractivity contribution in [2.24, 2.45) is 0 Å². The molecule has 4 nitrogen and oxygen atoms in total. The SMILES string of the molecule is C[Si](C)(C)c1ccc(-n2c3cc4c5sc(N(c6ccccc6)c6ccccc6)cc5n(-c5ccc([Si](C)(C)C)cc5)c4cc3c3sc(N(c4ccccc4)c4ccccc4)cc32)cc1. The highest BCUT2D eigenvalue weighted by Crippen LogP contribution is 2.50. The molecule has 7 aromatic carbocycles. The Morgan fingerprint density at radius 2 is 0.641 bits per heavy atom. The van der Waals surface area contributed by atoms with E-state index in [9.17, 15) is 0 Å². The van der Waals surface area contributed by atoms with E-state index < -0.39 is 16.1 Å². The summed E-state index contributed by atoms with van der Waals surface area (Å²) in [5.41, 5.74) is 11.8. The highest BCUT2D eigenvalue weighted by atomic mass is 32.1. The number of anilines is 6. The quantitative estimate of drug-likeness (QED) is 0.127. The second kappa shape index (κ2) is 15.7. The predicted molar refractivity (Wildman–Crippen MR) is 286 cm³/mol. The zero-order chi connectivity index (χ0) is 43.7. The Hall–Kier alpha value is -6.43. The summed E-state index contributed by atoms with van der Waals surface area (Å²) in [6.07, 6.45) is 0. The molecule has 314 valence electrons. The van der Waals surface area contributed by atoms with Gasteiger partial charge in [-0.15, -0.1) is 22.7 Å². The van der Waals surface area contributed by atoms with Crippen molar-refractivity contribution in [2.75, 3.05) is 9.80 Å². The average molecular weight is 899 g/mol. The van der Waals surface area contributed by atoms with Gasteiger partial charge in [0.25, 0.3) is 0 Å². The van der Waals surface area contributed by atoms with Gasteiger partial charge in [-0.05, 0) is 97.1 Å². The van der Waals surface area contributed by atoms with Crippen molar-refractivity contribution in [3.05, 3.63) is 194 Å². The number of rotatable bonds is 10. The average Bonchev–Trinajstić information content (AvgIpc) is 4.06. The van der Waals surface area contributed by atoms with E-state index in [2.05, 4.69) is 252 Å². The van der Waals surface area contributed by atoms with Crippen LogP contribution < -0.4 is 20.2 Å².